The van der Waals surface area contributed by atoms with Crippen molar-refractivity contribution in [1.29, 1.82) is 0 Å². The molecular formula is C15H27N5O2. The van der Waals surface area contributed by atoms with Gasteiger partial charge in [0.2, 0.25) is 0 Å². The smallest absolute Gasteiger partial charge is 0.315 e. The fraction of sp³-hybridized carbons (Fsp3) is 0.800. The van der Waals surface area contributed by atoms with Crippen molar-refractivity contribution in [2.45, 2.75) is 65.8 Å². The zero-order valence-electron chi connectivity index (χ0n) is 14.1. The topological polar surface area (TPSA) is 81.1 Å². The Balaban J connectivity index is 2.01. The van der Waals surface area contributed by atoms with E-state index in [0.717, 1.165) is 25.2 Å². The summed E-state index contributed by atoms with van der Waals surface area (Å²) >= 11 is 0. The van der Waals surface area contributed by atoms with E-state index in [1.54, 1.807) is 7.11 Å². The Kier molecular flexibility index (Phi) is 5.05. The van der Waals surface area contributed by atoms with Crippen LogP contribution in [0.15, 0.2) is 0 Å². The number of amides is 2. The predicted octanol–water partition coefficient (Wildman–Crippen LogP) is 1.99. The molecular weight excluding hydrogens is 282 g/mol. The summed E-state index contributed by atoms with van der Waals surface area (Å²) in [6, 6.07) is -0.172. The van der Waals surface area contributed by atoms with Crippen LogP contribution in [0.2, 0.25) is 0 Å². The van der Waals surface area contributed by atoms with Crippen LogP contribution in [0.3, 0.4) is 0 Å². The van der Waals surface area contributed by atoms with Gasteiger partial charge in [0.15, 0.2) is 5.82 Å². The highest BCUT2D eigenvalue weighted by Gasteiger charge is 2.27. The number of nitrogens with zero attached hydrogens (tertiary/aromatic N) is 3. The molecule has 0 fully saturated rings. The molecule has 2 N–H and O–H groups in total. The molecule has 1 aliphatic heterocycles. The average Bonchev–Trinajstić information content (AvgIpc) is 2.81. The zero-order valence-corrected chi connectivity index (χ0v) is 14.1. The fourth-order valence-electron chi connectivity index (χ4n) is 2.34. The Morgan fingerprint density at radius 1 is 1.50 bits per heavy atom. The molecule has 2 amide bonds. The number of carbonyl (C=O) groups excluding carboxylic acids is 1. The van der Waals surface area contributed by atoms with E-state index in [1.807, 2.05) is 11.6 Å². The SMILES string of the molecule is COCc1nc2n(n1)CCCC2NC(=O)NC(C)C(C)(C)C. The lowest BCUT2D eigenvalue weighted by atomic mass is 9.88. The number of carbonyl (C=O) groups is 1. The number of aromatic nitrogens is 3. The van der Waals surface area contributed by atoms with E-state index in [4.69, 9.17) is 4.74 Å². The van der Waals surface area contributed by atoms with E-state index in [2.05, 4.69) is 41.5 Å². The molecule has 1 aromatic rings. The number of fused-ring (bicyclic) bond motifs is 1. The van der Waals surface area contributed by atoms with Gasteiger partial charge in [-0.3, -0.25) is 0 Å². The lowest BCUT2D eigenvalue weighted by molar-refractivity contribution is 0.177. The van der Waals surface area contributed by atoms with Gasteiger partial charge in [-0.1, -0.05) is 20.8 Å². The molecule has 0 aromatic carbocycles. The molecule has 0 radical (unpaired) electrons. The van der Waals surface area contributed by atoms with Crippen molar-refractivity contribution < 1.29 is 9.53 Å². The first kappa shape index (κ1) is 16.7. The first-order chi connectivity index (χ1) is 10.3. The van der Waals surface area contributed by atoms with E-state index < -0.39 is 0 Å². The Morgan fingerprint density at radius 2 is 2.23 bits per heavy atom. The molecule has 1 aromatic heterocycles. The molecule has 2 atom stereocenters. The number of ether oxygens (including phenoxy) is 1. The van der Waals surface area contributed by atoms with Crippen LogP contribution < -0.4 is 10.6 Å². The lowest BCUT2D eigenvalue weighted by Crippen LogP contribution is -2.48. The summed E-state index contributed by atoms with van der Waals surface area (Å²) in [6.45, 7) is 9.55. The normalized spacial score (nSPS) is 19.4. The van der Waals surface area contributed by atoms with Crippen molar-refractivity contribution in [2.75, 3.05) is 7.11 Å². The van der Waals surface area contributed by atoms with Crippen molar-refractivity contribution in [3.8, 4) is 0 Å². The number of urea groups is 1. The number of hydrogen-bond acceptors (Lipinski definition) is 4. The highest BCUT2D eigenvalue weighted by atomic mass is 16.5. The van der Waals surface area contributed by atoms with Gasteiger partial charge in [0, 0.05) is 19.7 Å². The molecule has 7 nitrogen and oxygen atoms in total. The summed E-state index contributed by atoms with van der Waals surface area (Å²) in [6.07, 6.45) is 1.85. The zero-order chi connectivity index (χ0) is 16.3. The van der Waals surface area contributed by atoms with Crippen molar-refractivity contribution in [1.82, 2.24) is 25.4 Å². The van der Waals surface area contributed by atoms with Gasteiger partial charge in [-0.2, -0.15) is 5.10 Å². The molecule has 0 spiro atoms. The molecule has 7 heteroatoms. The quantitative estimate of drug-likeness (QED) is 0.891. The first-order valence-electron chi connectivity index (χ1n) is 7.81. The summed E-state index contributed by atoms with van der Waals surface area (Å²) in [4.78, 5) is 16.7. The largest absolute Gasteiger partial charge is 0.377 e. The Bertz CT molecular complexity index is 520. The van der Waals surface area contributed by atoms with E-state index >= 15 is 0 Å². The highest BCUT2D eigenvalue weighted by Crippen LogP contribution is 2.23. The van der Waals surface area contributed by atoms with Gasteiger partial charge < -0.3 is 15.4 Å². The van der Waals surface area contributed by atoms with Crippen molar-refractivity contribution in [3.05, 3.63) is 11.6 Å². The third-order valence-electron chi connectivity index (χ3n) is 4.14. The van der Waals surface area contributed by atoms with Gasteiger partial charge >= 0.3 is 6.03 Å². The standard InChI is InChI=1S/C15H27N5O2/c1-10(15(2,3)4)16-14(21)17-11-7-6-8-20-13(11)18-12(19-20)9-22-5/h10-11H,6-9H2,1-5H3,(H2,16,17,21). The average molecular weight is 309 g/mol. The maximum absolute atomic E-state index is 12.2. The van der Waals surface area contributed by atoms with Crippen molar-refractivity contribution in [2.24, 2.45) is 5.41 Å². The van der Waals surface area contributed by atoms with Crippen LogP contribution in [-0.4, -0.2) is 33.9 Å². The predicted molar refractivity (Wildman–Crippen MR) is 83.3 cm³/mol. The van der Waals surface area contributed by atoms with Gasteiger partial charge in [-0.05, 0) is 25.2 Å². The molecule has 1 aliphatic rings. The Hall–Kier alpha value is -1.63. The van der Waals surface area contributed by atoms with E-state index in [-0.39, 0.29) is 23.5 Å². The summed E-state index contributed by atoms with van der Waals surface area (Å²) in [5.41, 5.74) is 0.0234. The molecule has 124 valence electrons. The second-order valence-corrected chi connectivity index (χ2v) is 6.94. The second kappa shape index (κ2) is 6.64. The van der Waals surface area contributed by atoms with E-state index in [0.29, 0.717) is 12.4 Å². The number of aryl methyl sites for hydroxylation is 1. The van der Waals surface area contributed by atoms with Crippen LogP contribution in [-0.2, 0) is 17.9 Å². The summed E-state index contributed by atoms with van der Waals surface area (Å²) in [7, 11) is 1.62. The molecule has 0 bridgehead atoms. The van der Waals surface area contributed by atoms with E-state index in [9.17, 15) is 4.79 Å². The van der Waals surface area contributed by atoms with Gasteiger partial charge in [0.25, 0.3) is 0 Å². The number of rotatable bonds is 4. The van der Waals surface area contributed by atoms with E-state index in [1.165, 1.54) is 0 Å². The summed E-state index contributed by atoms with van der Waals surface area (Å²) in [5.74, 6) is 1.48. The minimum Gasteiger partial charge on any atom is -0.377 e. The Labute approximate surface area is 131 Å². The number of nitrogens with one attached hydrogen (secondary N) is 2. The molecule has 2 heterocycles. The van der Waals surface area contributed by atoms with Crippen molar-refractivity contribution >= 4 is 6.03 Å². The van der Waals surface area contributed by atoms with Crippen LogP contribution in [0.25, 0.3) is 0 Å². The van der Waals surface area contributed by atoms with Crippen LogP contribution >= 0.6 is 0 Å². The summed E-state index contributed by atoms with van der Waals surface area (Å²) < 4.78 is 6.95. The van der Waals surface area contributed by atoms with Gasteiger partial charge in [-0.15, -0.1) is 0 Å². The summed E-state index contributed by atoms with van der Waals surface area (Å²) in [5, 5.41) is 10.4. The minimum absolute atomic E-state index is 0.0234. The minimum atomic E-state index is -0.155. The molecule has 2 unspecified atom stereocenters. The first-order valence-corrected chi connectivity index (χ1v) is 7.81. The van der Waals surface area contributed by atoms with Crippen LogP contribution in [0, 0.1) is 5.41 Å². The number of methoxy groups -OCH3 is 1. The lowest BCUT2D eigenvalue weighted by Gasteiger charge is -2.29. The van der Waals surface area contributed by atoms with Crippen LogP contribution in [0.4, 0.5) is 4.79 Å². The molecule has 0 saturated carbocycles. The molecule has 0 saturated heterocycles. The monoisotopic (exact) mass is 309 g/mol. The molecule has 22 heavy (non-hydrogen) atoms. The maximum Gasteiger partial charge on any atom is 0.315 e. The van der Waals surface area contributed by atoms with Gasteiger partial charge in [0.1, 0.15) is 12.4 Å². The maximum atomic E-state index is 12.2. The highest BCUT2D eigenvalue weighted by molar-refractivity contribution is 5.74. The second-order valence-electron chi connectivity index (χ2n) is 6.94. The third kappa shape index (κ3) is 3.97. The van der Waals surface area contributed by atoms with Crippen LogP contribution in [0.1, 0.15) is 58.2 Å². The van der Waals surface area contributed by atoms with Crippen molar-refractivity contribution in [3.63, 3.8) is 0 Å². The van der Waals surface area contributed by atoms with Crippen LogP contribution in [0.5, 0.6) is 0 Å². The molecule has 0 aliphatic carbocycles. The third-order valence-corrected chi connectivity index (χ3v) is 4.14. The van der Waals surface area contributed by atoms with Gasteiger partial charge in [-0.25, -0.2) is 14.5 Å². The number of hydrogen-bond donors (Lipinski definition) is 2. The van der Waals surface area contributed by atoms with Gasteiger partial charge in [0.05, 0.1) is 6.04 Å². The molecule has 2 rings (SSSR count). The fourth-order valence-corrected chi connectivity index (χ4v) is 2.34. The Morgan fingerprint density at radius 3 is 2.86 bits per heavy atom.